The molecule has 0 aliphatic heterocycles. The number of allylic oxidation sites excluding steroid dienone is 1. The molecule has 1 aliphatic rings. The Labute approximate surface area is 187 Å². The van der Waals surface area contributed by atoms with Crippen LogP contribution in [-0.4, -0.2) is 35.7 Å². The minimum Gasteiger partial charge on any atom is -0.393 e. The quantitative estimate of drug-likeness (QED) is 0.452. The normalized spacial score (nSPS) is 18.7. The first kappa shape index (κ1) is 20.5. The summed E-state index contributed by atoms with van der Waals surface area (Å²) in [6.07, 6.45) is 8.62. The highest BCUT2D eigenvalue weighted by molar-refractivity contribution is 5.85. The number of hydrogen-bond acceptors (Lipinski definition) is 5. The van der Waals surface area contributed by atoms with Crippen LogP contribution >= 0.6 is 0 Å². The number of rotatable bonds is 5. The molecule has 3 heterocycles. The van der Waals surface area contributed by atoms with Crippen molar-refractivity contribution in [1.29, 1.82) is 0 Å². The van der Waals surface area contributed by atoms with Gasteiger partial charge in [0, 0.05) is 36.1 Å². The lowest BCUT2D eigenvalue weighted by Crippen LogP contribution is -2.20. The Balaban J connectivity index is 1.74. The maximum atomic E-state index is 10.0. The van der Waals surface area contributed by atoms with E-state index in [1.807, 2.05) is 37.3 Å². The summed E-state index contributed by atoms with van der Waals surface area (Å²) in [7, 11) is 0. The van der Waals surface area contributed by atoms with Gasteiger partial charge in [0.15, 0.2) is 0 Å². The fourth-order valence-corrected chi connectivity index (χ4v) is 4.69. The SMILES string of the molecule is C=CCn1c(C2CCC(O)CC2)nc(-c2cccc(C)n2)c1-c1ccc2nccnc2c1. The van der Waals surface area contributed by atoms with Gasteiger partial charge in [0.2, 0.25) is 0 Å². The van der Waals surface area contributed by atoms with Crippen molar-refractivity contribution >= 4 is 11.0 Å². The Kier molecular flexibility index (Phi) is 5.53. The molecule has 1 fully saturated rings. The molecule has 4 aromatic rings. The van der Waals surface area contributed by atoms with E-state index in [-0.39, 0.29) is 6.10 Å². The van der Waals surface area contributed by atoms with Gasteiger partial charge in [0.05, 0.1) is 28.5 Å². The van der Waals surface area contributed by atoms with Crippen molar-refractivity contribution in [2.45, 2.75) is 51.2 Å². The molecule has 6 heteroatoms. The number of aliphatic hydroxyl groups is 1. The van der Waals surface area contributed by atoms with Gasteiger partial charge in [0.25, 0.3) is 0 Å². The van der Waals surface area contributed by atoms with Crippen LogP contribution in [0.5, 0.6) is 0 Å². The van der Waals surface area contributed by atoms with E-state index in [1.165, 1.54) is 0 Å². The van der Waals surface area contributed by atoms with Gasteiger partial charge in [-0.05, 0) is 56.9 Å². The zero-order valence-corrected chi connectivity index (χ0v) is 18.3. The third-order valence-electron chi connectivity index (χ3n) is 6.24. The van der Waals surface area contributed by atoms with E-state index in [4.69, 9.17) is 9.97 Å². The first-order valence-corrected chi connectivity index (χ1v) is 11.2. The highest BCUT2D eigenvalue weighted by atomic mass is 16.3. The molecular weight excluding hydrogens is 398 g/mol. The fraction of sp³-hybridized carbons (Fsp3) is 0.308. The third kappa shape index (κ3) is 3.82. The van der Waals surface area contributed by atoms with Crippen molar-refractivity contribution in [3.63, 3.8) is 0 Å². The van der Waals surface area contributed by atoms with Gasteiger partial charge >= 0.3 is 0 Å². The maximum Gasteiger partial charge on any atom is 0.115 e. The fourth-order valence-electron chi connectivity index (χ4n) is 4.69. The highest BCUT2D eigenvalue weighted by Crippen LogP contribution is 2.39. The smallest absolute Gasteiger partial charge is 0.115 e. The number of benzene rings is 1. The molecule has 162 valence electrons. The van der Waals surface area contributed by atoms with Gasteiger partial charge in [-0.3, -0.25) is 15.0 Å². The van der Waals surface area contributed by atoms with Gasteiger partial charge in [-0.1, -0.05) is 18.2 Å². The van der Waals surface area contributed by atoms with Gasteiger partial charge in [-0.15, -0.1) is 6.58 Å². The molecule has 32 heavy (non-hydrogen) atoms. The first-order valence-electron chi connectivity index (χ1n) is 11.2. The minimum absolute atomic E-state index is 0.203. The average Bonchev–Trinajstić information content (AvgIpc) is 3.19. The monoisotopic (exact) mass is 425 g/mol. The molecule has 1 N–H and O–H groups in total. The van der Waals surface area contributed by atoms with Crippen LogP contribution in [0.15, 0.2) is 61.4 Å². The number of hydrogen-bond donors (Lipinski definition) is 1. The Morgan fingerprint density at radius 3 is 2.56 bits per heavy atom. The highest BCUT2D eigenvalue weighted by Gasteiger charge is 2.28. The van der Waals surface area contributed by atoms with Crippen molar-refractivity contribution in [1.82, 2.24) is 24.5 Å². The zero-order valence-electron chi connectivity index (χ0n) is 18.3. The van der Waals surface area contributed by atoms with E-state index in [0.29, 0.717) is 12.5 Å². The third-order valence-corrected chi connectivity index (χ3v) is 6.24. The van der Waals surface area contributed by atoms with E-state index in [9.17, 15) is 5.11 Å². The van der Waals surface area contributed by atoms with Crippen LogP contribution in [0.1, 0.15) is 43.1 Å². The second-order valence-corrected chi connectivity index (χ2v) is 8.50. The molecule has 0 radical (unpaired) electrons. The van der Waals surface area contributed by atoms with Crippen LogP contribution in [0.4, 0.5) is 0 Å². The topological polar surface area (TPSA) is 76.7 Å². The zero-order chi connectivity index (χ0) is 22.1. The van der Waals surface area contributed by atoms with Crippen LogP contribution in [0, 0.1) is 6.92 Å². The van der Waals surface area contributed by atoms with E-state index in [1.54, 1.807) is 12.4 Å². The maximum absolute atomic E-state index is 10.0. The Hall–Kier alpha value is -3.38. The molecule has 0 atom stereocenters. The van der Waals surface area contributed by atoms with Crippen molar-refractivity contribution in [3.05, 3.63) is 73.0 Å². The van der Waals surface area contributed by atoms with Crippen molar-refractivity contribution < 1.29 is 5.11 Å². The van der Waals surface area contributed by atoms with Crippen LogP contribution in [0.25, 0.3) is 33.7 Å². The van der Waals surface area contributed by atoms with Crippen LogP contribution in [-0.2, 0) is 6.54 Å². The lowest BCUT2D eigenvalue weighted by Gasteiger charge is -2.25. The number of aryl methyl sites for hydroxylation is 1. The molecule has 6 nitrogen and oxygen atoms in total. The molecular formula is C26H27N5O. The summed E-state index contributed by atoms with van der Waals surface area (Å²) in [6, 6.07) is 12.2. The molecule has 0 amide bonds. The summed E-state index contributed by atoms with van der Waals surface area (Å²) in [4.78, 5) is 18.9. The summed E-state index contributed by atoms with van der Waals surface area (Å²) in [5, 5.41) is 10.0. The molecule has 5 rings (SSSR count). The summed E-state index contributed by atoms with van der Waals surface area (Å²) < 4.78 is 2.27. The summed E-state index contributed by atoms with van der Waals surface area (Å²) in [5.74, 6) is 1.35. The molecule has 0 spiro atoms. The Morgan fingerprint density at radius 2 is 1.81 bits per heavy atom. The lowest BCUT2D eigenvalue weighted by atomic mass is 9.87. The Morgan fingerprint density at radius 1 is 1.03 bits per heavy atom. The van der Waals surface area contributed by atoms with Crippen molar-refractivity contribution in [3.8, 4) is 22.6 Å². The van der Waals surface area contributed by atoms with E-state index < -0.39 is 0 Å². The first-order chi connectivity index (χ1) is 15.6. The lowest BCUT2D eigenvalue weighted by molar-refractivity contribution is 0.121. The number of nitrogens with zero attached hydrogens (tertiary/aromatic N) is 5. The van der Waals surface area contributed by atoms with E-state index in [2.05, 4.69) is 33.2 Å². The van der Waals surface area contributed by atoms with Gasteiger partial charge in [-0.2, -0.15) is 0 Å². The molecule has 0 saturated heterocycles. The average molecular weight is 426 g/mol. The van der Waals surface area contributed by atoms with Crippen LogP contribution < -0.4 is 0 Å². The number of pyridine rings is 1. The second kappa shape index (κ2) is 8.63. The van der Waals surface area contributed by atoms with Gasteiger partial charge in [-0.25, -0.2) is 4.98 Å². The van der Waals surface area contributed by atoms with Crippen LogP contribution in [0.2, 0.25) is 0 Å². The predicted octanol–water partition coefficient (Wildman–Crippen LogP) is 5.07. The molecule has 1 aliphatic carbocycles. The summed E-state index contributed by atoms with van der Waals surface area (Å²) in [5.41, 5.74) is 6.46. The number of imidazole rings is 1. The summed E-state index contributed by atoms with van der Waals surface area (Å²) in [6.45, 7) is 6.66. The summed E-state index contributed by atoms with van der Waals surface area (Å²) >= 11 is 0. The number of fused-ring (bicyclic) bond motifs is 1. The standard InChI is InChI=1S/C26H27N5O/c1-3-15-31-25(19-9-12-21-23(16-19)28-14-13-27-21)24(22-6-4-5-17(2)29-22)30-26(31)18-7-10-20(32)11-8-18/h3-6,9,12-14,16,18,20,32H,1,7-8,10-11,15H2,2H3. The van der Waals surface area contributed by atoms with Crippen LogP contribution in [0.3, 0.4) is 0 Å². The number of aromatic nitrogens is 5. The molecule has 0 bridgehead atoms. The molecule has 1 aromatic carbocycles. The van der Waals surface area contributed by atoms with Crippen molar-refractivity contribution in [2.75, 3.05) is 0 Å². The van der Waals surface area contributed by atoms with Crippen molar-refractivity contribution in [2.24, 2.45) is 0 Å². The second-order valence-electron chi connectivity index (χ2n) is 8.50. The largest absolute Gasteiger partial charge is 0.393 e. The molecule has 3 aromatic heterocycles. The van der Waals surface area contributed by atoms with E-state index >= 15 is 0 Å². The number of aliphatic hydroxyl groups excluding tert-OH is 1. The van der Waals surface area contributed by atoms with Gasteiger partial charge < -0.3 is 9.67 Å². The Bertz CT molecular complexity index is 1270. The minimum atomic E-state index is -0.203. The van der Waals surface area contributed by atoms with Gasteiger partial charge in [0.1, 0.15) is 11.5 Å². The molecule has 1 saturated carbocycles. The van der Waals surface area contributed by atoms with E-state index in [0.717, 1.165) is 70.9 Å². The molecule has 0 unspecified atom stereocenters. The predicted molar refractivity (Wildman–Crippen MR) is 126 cm³/mol.